The quantitative estimate of drug-likeness (QED) is 0.665. The maximum Gasteiger partial charge on any atom is 0.257 e. The van der Waals surface area contributed by atoms with Gasteiger partial charge in [0.15, 0.2) is 0 Å². The molecule has 3 nitrogen and oxygen atoms in total. The molecule has 1 aromatic carbocycles. The molecule has 21 heavy (non-hydrogen) atoms. The summed E-state index contributed by atoms with van der Waals surface area (Å²) in [6.45, 7) is 0.249. The van der Waals surface area contributed by atoms with Crippen LogP contribution in [0.15, 0.2) is 31.8 Å². The van der Waals surface area contributed by atoms with E-state index in [4.69, 9.17) is 17.3 Å². The highest BCUT2D eigenvalue weighted by Crippen LogP contribution is 2.32. The van der Waals surface area contributed by atoms with E-state index in [0.29, 0.717) is 21.8 Å². The molecule has 0 aliphatic heterocycles. The Morgan fingerprint density at radius 2 is 2.14 bits per heavy atom. The first-order valence-corrected chi connectivity index (χ1v) is 8.54. The van der Waals surface area contributed by atoms with E-state index in [-0.39, 0.29) is 12.5 Å². The highest BCUT2D eigenvalue weighted by Gasteiger charge is 2.15. The number of hydrogen-bond donors (Lipinski definition) is 2. The molecule has 0 aliphatic carbocycles. The maximum absolute atomic E-state index is 12.3. The molecule has 7 heteroatoms. The molecule has 0 spiro atoms. The lowest BCUT2D eigenvalue weighted by Gasteiger charge is -2.07. The van der Waals surface area contributed by atoms with Crippen molar-refractivity contribution >= 4 is 66.4 Å². The highest BCUT2D eigenvalue weighted by molar-refractivity contribution is 9.12. The Kier molecular flexibility index (Phi) is 5.85. The van der Waals surface area contributed by atoms with Crippen molar-refractivity contribution in [2.24, 2.45) is 5.73 Å². The zero-order valence-corrected chi connectivity index (χ0v) is 15.3. The fraction of sp³-hybridized carbons (Fsp3) is 0.0714. The lowest BCUT2D eigenvalue weighted by atomic mass is 10.1. The van der Waals surface area contributed by atoms with Crippen LogP contribution in [-0.2, 0) is 0 Å². The van der Waals surface area contributed by atoms with Crippen LogP contribution in [0.3, 0.4) is 0 Å². The van der Waals surface area contributed by atoms with Crippen molar-refractivity contribution in [3.05, 3.63) is 48.0 Å². The standard InChI is InChI=1S/C14H9Br2ClN2OS/c15-12-7-10(13(16)21-12)14(20)19-11-6-9(17)4-3-8(11)2-1-5-18/h3-4,6-7H,5,18H2,(H,19,20). The van der Waals surface area contributed by atoms with E-state index in [1.165, 1.54) is 11.3 Å². The van der Waals surface area contributed by atoms with Crippen molar-refractivity contribution in [3.63, 3.8) is 0 Å². The van der Waals surface area contributed by atoms with Gasteiger partial charge in [0.25, 0.3) is 5.91 Å². The predicted octanol–water partition coefficient (Wildman–Crippen LogP) is 4.49. The molecule has 0 fully saturated rings. The number of nitrogens with two attached hydrogens (primary N) is 1. The van der Waals surface area contributed by atoms with Gasteiger partial charge >= 0.3 is 0 Å². The molecule has 1 aromatic heterocycles. The SMILES string of the molecule is NCC#Cc1ccc(Cl)cc1NC(=O)c1cc(Br)sc1Br. The zero-order valence-electron chi connectivity index (χ0n) is 10.5. The lowest BCUT2D eigenvalue weighted by Crippen LogP contribution is -2.12. The van der Waals surface area contributed by atoms with Gasteiger partial charge in [-0.1, -0.05) is 23.4 Å². The maximum atomic E-state index is 12.3. The molecule has 3 N–H and O–H groups in total. The second-order valence-electron chi connectivity index (χ2n) is 3.89. The van der Waals surface area contributed by atoms with E-state index < -0.39 is 0 Å². The monoisotopic (exact) mass is 446 g/mol. The van der Waals surface area contributed by atoms with E-state index in [1.54, 1.807) is 24.3 Å². The van der Waals surface area contributed by atoms with Crippen molar-refractivity contribution in [1.82, 2.24) is 0 Å². The normalized spacial score (nSPS) is 9.90. The van der Waals surface area contributed by atoms with Crippen LogP contribution in [0.2, 0.25) is 5.02 Å². The van der Waals surface area contributed by atoms with Crippen molar-refractivity contribution in [2.45, 2.75) is 0 Å². The summed E-state index contributed by atoms with van der Waals surface area (Å²) < 4.78 is 1.62. The van der Waals surface area contributed by atoms with Crippen LogP contribution in [-0.4, -0.2) is 12.5 Å². The summed E-state index contributed by atoms with van der Waals surface area (Å²) in [6, 6.07) is 6.88. The number of amides is 1. The third kappa shape index (κ3) is 4.31. The van der Waals surface area contributed by atoms with Gasteiger partial charge in [0, 0.05) is 10.6 Å². The lowest BCUT2D eigenvalue weighted by molar-refractivity contribution is 0.102. The number of benzene rings is 1. The molecule has 0 saturated heterocycles. The molecular weight excluding hydrogens is 439 g/mol. The average Bonchev–Trinajstić information content (AvgIpc) is 2.77. The number of hydrogen-bond acceptors (Lipinski definition) is 3. The summed E-state index contributed by atoms with van der Waals surface area (Å²) in [6.07, 6.45) is 0. The molecule has 0 saturated carbocycles. The molecular formula is C14H9Br2ClN2OS. The fourth-order valence-corrected chi connectivity index (χ4v) is 4.53. The van der Waals surface area contributed by atoms with Gasteiger partial charge < -0.3 is 11.1 Å². The third-order valence-corrected chi connectivity index (χ3v) is 5.03. The van der Waals surface area contributed by atoms with Crippen molar-refractivity contribution in [2.75, 3.05) is 11.9 Å². The number of halogens is 3. The molecule has 2 aromatic rings. The van der Waals surface area contributed by atoms with Gasteiger partial charge in [0.2, 0.25) is 0 Å². The van der Waals surface area contributed by atoms with Gasteiger partial charge in [0.05, 0.1) is 25.4 Å². The highest BCUT2D eigenvalue weighted by atomic mass is 79.9. The third-order valence-electron chi connectivity index (χ3n) is 2.46. The first-order chi connectivity index (χ1) is 10.0. The Morgan fingerprint density at radius 1 is 1.38 bits per heavy atom. The van der Waals surface area contributed by atoms with Crippen LogP contribution in [0.4, 0.5) is 5.69 Å². The van der Waals surface area contributed by atoms with E-state index in [9.17, 15) is 4.79 Å². The number of carbonyl (C=O) groups is 1. The summed E-state index contributed by atoms with van der Waals surface area (Å²) in [7, 11) is 0. The Hall–Kier alpha value is -0.840. The van der Waals surface area contributed by atoms with Gasteiger partial charge in [-0.05, 0) is 56.1 Å². The first-order valence-electron chi connectivity index (χ1n) is 5.76. The number of rotatable bonds is 2. The van der Waals surface area contributed by atoms with Crippen molar-refractivity contribution in [3.8, 4) is 11.8 Å². The summed E-state index contributed by atoms with van der Waals surface area (Å²) in [4.78, 5) is 12.3. The van der Waals surface area contributed by atoms with E-state index in [2.05, 4.69) is 49.0 Å². The van der Waals surface area contributed by atoms with Gasteiger partial charge in [-0.3, -0.25) is 4.79 Å². The van der Waals surface area contributed by atoms with Gasteiger partial charge in [-0.15, -0.1) is 11.3 Å². The summed E-state index contributed by atoms with van der Waals surface area (Å²) in [5.74, 6) is 5.44. The number of anilines is 1. The van der Waals surface area contributed by atoms with Crippen LogP contribution < -0.4 is 11.1 Å². The van der Waals surface area contributed by atoms with Gasteiger partial charge in [0.1, 0.15) is 0 Å². The van der Waals surface area contributed by atoms with Crippen molar-refractivity contribution < 1.29 is 4.79 Å². The van der Waals surface area contributed by atoms with Crippen LogP contribution in [0.25, 0.3) is 0 Å². The van der Waals surface area contributed by atoms with Crippen LogP contribution in [0, 0.1) is 11.8 Å². The van der Waals surface area contributed by atoms with E-state index in [0.717, 1.165) is 7.57 Å². The summed E-state index contributed by atoms with van der Waals surface area (Å²) in [5.41, 5.74) is 7.15. The van der Waals surface area contributed by atoms with Crippen LogP contribution >= 0.6 is 54.8 Å². The Morgan fingerprint density at radius 3 is 2.76 bits per heavy atom. The number of carbonyl (C=O) groups excluding carboxylic acids is 1. The smallest absolute Gasteiger partial charge is 0.257 e. The first kappa shape index (κ1) is 16.5. The summed E-state index contributed by atoms with van der Waals surface area (Å²) in [5, 5.41) is 3.34. The second kappa shape index (κ2) is 7.43. The second-order valence-corrected chi connectivity index (χ2v) is 8.07. The fourth-order valence-electron chi connectivity index (χ4n) is 1.56. The van der Waals surface area contributed by atoms with Crippen molar-refractivity contribution in [1.29, 1.82) is 0 Å². The zero-order chi connectivity index (χ0) is 15.4. The minimum Gasteiger partial charge on any atom is -0.321 e. The molecule has 108 valence electrons. The van der Waals surface area contributed by atoms with Gasteiger partial charge in [-0.25, -0.2) is 0 Å². The Balaban J connectivity index is 2.32. The molecule has 0 unspecified atom stereocenters. The molecule has 0 aliphatic rings. The predicted molar refractivity (Wildman–Crippen MR) is 95.1 cm³/mol. The molecule has 0 radical (unpaired) electrons. The number of nitrogens with one attached hydrogen (secondary N) is 1. The summed E-state index contributed by atoms with van der Waals surface area (Å²) >= 11 is 14.1. The minimum absolute atomic E-state index is 0.234. The molecule has 0 bridgehead atoms. The molecule has 2 rings (SSSR count). The van der Waals surface area contributed by atoms with Crippen LogP contribution in [0.5, 0.6) is 0 Å². The van der Waals surface area contributed by atoms with E-state index in [1.807, 2.05) is 0 Å². The molecule has 1 amide bonds. The topological polar surface area (TPSA) is 55.1 Å². The minimum atomic E-state index is -0.234. The Labute approximate surface area is 148 Å². The Bertz CT molecular complexity index is 749. The van der Waals surface area contributed by atoms with E-state index >= 15 is 0 Å². The van der Waals surface area contributed by atoms with Gasteiger partial charge in [-0.2, -0.15) is 0 Å². The average molecular weight is 449 g/mol. The largest absolute Gasteiger partial charge is 0.321 e. The number of thiophene rings is 1. The molecule has 0 atom stereocenters. The molecule has 1 heterocycles. The van der Waals surface area contributed by atoms with Crippen LogP contribution in [0.1, 0.15) is 15.9 Å².